The van der Waals surface area contributed by atoms with E-state index >= 15 is 0 Å². The number of aryl methyl sites for hydroxylation is 1. The zero-order valence-corrected chi connectivity index (χ0v) is 20.4. The Hall–Kier alpha value is -2.46. The Morgan fingerprint density at radius 3 is 2.15 bits per heavy atom. The molecule has 1 aromatic rings. The number of likely N-dealkylation sites (tertiary alicyclic amines) is 1. The van der Waals surface area contributed by atoms with E-state index in [4.69, 9.17) is 9.47 Å². The van der Waals surface area contributed by atoms with Crippen LogP contribution in [0, 0.1) is 5.92 Å². The minimum atomic E-state index is -3.52. The summed E-state index contributed by atoms with van der Waals surface area (Å²) in [7, 11) is -3.52. The van der Waals surface area contributed by atoms with Crippen LogP contribution in [0.3, 0.4) is 0 Å². The maximum atomic E-state index is 12.5. The molecule has 0 saturated carbocycles. The van der Waals surface area contributed by atoms with Crippen molar-refractivity contribution in [2.24, 2.45) is 5.92 Å². The lowest BCUT2D eigenvalue weighted by molar-refractivity contribution is -0.154. The number of carbonyl (C=O) groups excluding carboxylic acids is 3. The Morgan fingerprint density at radius 2 is 1.61 bits per heavy atom. The lowest BCUT2D eigenvalue weighted by Gasteiger charge is -2.30. The number of benzene rings is 1. The monoisotopic (exact) mass is 482 g/mol. The average Bonchev–Trinajstić information content (AvgIpc) is 2.82. The van der Waals surface area contributed by atoms with Gasteiger partial charge in [-0.1, -0.05) is 26.0 Å². The first kappa shape index (κ1) is 26.8. The molecule has 0 aromatic heterocycles. The van der Waals surface area contributed by atoms with Crippen LogP contribution in [-0.4, -0.2) is 74.9 Å². The quantitative estimate of drug-likeness (QED) is 0.444. The summed E-state index contributed by atoms with van der Waals surface area (Å²) in [6.45, 7) is 7.01. The van der Waals surface area contributed by atoms with Crippen LogP contribution >= 0.6 is 0 Å². The van der Waals surface area contributed by atoms with Gasteiger partial charge in [0.25, 0.3) is 5.91 Å². The third-order valence-corrected chi connectivity index (χ3v) is 7.77. The fourth-order valence-electron chi connectivity index (χ4n) is 3.72. The fraction of sp³-hybridized carbons (Fsp3) is 0.609. The number of nitrogens with zero attached hydrogens (tertiary/aromatic N) is 2. The highest BCUT2D eigenvalue weighted by molar-refractivity contribution is 7.89. The van der Waals surface area contributed by atoms with Crippen LogP contribution in [0.25, 0.3) is 0 Å². The topological polar surface area (TPSA) is 110 Å². The molecule has 1 aliphatic rings. The summed E-state index contributed by atoms with van der Waals surface area (Å²) in [5.41, 5.74) is 0.804. The Balaban J connectivity index is 1.75. The van der Waals surface area contributed by atoms with Crippen molar-refractivity contribution in [3.63, 3.8) is 0 Å². The molecular weight excluding hydrogens is 448 g/mol. The minimum absolute atomic E-state index is 0.0837. The molecule has 1 aliphatic heterocycles. The molecule has 0 unspecified atom stereocenters. The second-order valence-electron chi connectivity index (χ2n) is 7.80. The van der Waals surface area contributed by atoms with Crippen molar-refractivity contribution < 1.29 is 32.3 Å². The van der Waals surface area contributed by atoms with Crippen LogP contribution in [-0.2, 0) is 40.3 Å². The molecule has 1 amide bonds. The maximum absolute atomic E-state index is 12.5. The molecule has 10 heteroatoms. The first-order valence-corrected chi connectivity index (χ1v) is 12.9. The summed E-state index contributed by atoms with van der Waals surface area (Å²) in [5.74, 6) is -1.19. The number of carbonyl (C=O) groups is 3. The largest absolute Gasteiger partial charge is 0.466 e. The van der Waals surface area contributed by atoms with Gasteiger partial charge in [-0.2, -0.15) is 4.31 Å². The van der Waals surface area contributed by atoms with E-state index in [9.17, 15) is 22.8 Å². The standard InChI is InChI=1S/C23H34N2O7S/c1-4-25(5-2)33(29,30)20-10-7-18(8-11-20)9-12-22(27)32-17-21(26)24-15-13-19(14-16-24)23(28)31-6-3/h7-8,10-11,19H,4-6,9,12-17H2,1-3H3. The number of amides is 1. The van der Waals surface area contributed by atoms with E-state index < -0.39 is 16.0 Å². The van der Waals surface area contributed by atoms with Gasteiger partial charge in [0.1, 0.15) is 0 Å². The van der Waals surface area contributed by atoms with Crippen LogP contribution in [0.1, 0.15) is 45.6 Å². The summed E-state index contributed by atoms with van der Waals surface area (Å²) in [6, 6.07) is 6.44. The molecule has 0 N–H and O–H groups in total. The molecule has 1 aromatic carbocycles. The number of hydrogen-bond acceptors (Lipinski definition) is 7. The zero-order valence-electron chi connectivity index (χ0n) is 19.6. The van der Waals surface area contributed by atoms with Crippen LogP contribution < -0.4 is 0 Å². The van der Waals surface area contributed by atoms with Gasteiger partial charge >= 0.3 is 11.9 Å². The molecule has 1 heterocycles. The van der Waals surface area contributed by atoms with Crippen molar-refractivity contribution in [1.82, 2.24) is 9.21 Å². The number of ether oxygens (including phenoxy) is 2. The van der Waals surface area contributed by atoms with Gasteiger partial charge in [0.2, 0.25) is 10.0 Å². The fourth-order valence-corrected chi connectivity index (χ4v) is 5.18. The van der Waals surface area contributed by atoms with Gasteiger partial charge in [0, 0.05) is 32.6 Å². The normalized spacial score (nSPS) is 14.8. The minimum Gasteiger partial charge on any atom is -0.466 e. The van der Waals surface area contributed by atoms with Crippen molar-refractivity contribution in [3.8, 4) is 0 Å². The van der Waals surface area contributed by atoms with Gasteiger partial charge in [0.15, 0.2) is 6.61 Å². The van der Waals surface area contributed by atoms with Crippen LogP contribution in [0.15, 0.2) is 29.2 Å². The van der Waals surface area contributed by atoms with E-state index in [1.165, 1.54) is 16.4 Å². The van der Waals surface area contributed by atoms with Crippen molar-refractivity contribution >= 4 is 27.9 Å². The first-order valence-electron chi connectivity index (χ1n) is 11.4. The van der Waals surface area contributed by atoms with Crippen LogP contribution in [0.5, 0.6) is 0 Å². The average molecular weight is 483 g/mol. The Labute approximate surface area is 196 Å². The summed E-state index contributed by atoms with van der Waals surface area (Å²) >= 11 is 0. The second kappa shape index (κ2) is 12.7. The van der Waals surface area contributed by atoms with Gasteiger partial charge in [-0.3, -0.25) is 14.4 Å². The second-order valence-corrected chi connectivity index (χ2v) is 9.74. The first-order chi connectivity index (χ1) is 15.7. The van der Waals surface area contributed by atoms with Crippen molar-refractivity contribution in [3.05, 3.63) is 29.8 Å². The van der Waals surface area contributed by atoms with E-state index in [0.717, 1.165) is 5.56 Å². The number of rotatable bonds is 11. The molecule has 1 fully saturated rings. The molecule has 9 nitrogen and oxygen atoms in total. The lowest BCUT2D eigenvalue weighted by atomic mass is 9.97. The molecule has 0 spiro atoms. The molecule has 0 bridgehead atoms. The predicted octanol–water partition coefficient (Wildman–Crippen LogP) is 1.99. The smallest absolute Gasteiger partial charge is 0.309 e. The van der Waals surface area contributed by atoms with Gasteiger partial charge in [-0.05, 0) is 43.9 Å². The molecule has 33 heavy (non-hydrogen) atoms. The summed E-state index contributed by atoms with van der Waals surface area (Å²) in [5, 5.41) is 0. The SMILES string of the molecule is CCOC(=O)C1CCN(C(=O)COC(=O)CCc2ccc(S(=O)(=O)N(CC)CC)cc2)CC1. The molecule has 2 rings (SSSR count). The van der Waals surface area contributed by atoms with E-state index in [1.807, 2.05) is 0 Å². The summed E-state index contributed by atoms with van der Waals surface area (Å²) < 4.78 is 36.6. The molecular formula is C23H34N2O7S. The number of piperidine rings is 1. The number of hydrogen-bond donors (Lipinski definition) is 0. The highest BCUT2D eigenvalue weighted by Crippen LogP contribution is 2.19. The lowest BCUT2D eigenvalue weighted by Crippen LogP contribution is -2.42. The molecule has 0 radical (unpaired) electrons. The number of esters is 2. The molecule has 0 atom stereocenters. The van der Waals surface area contributed by atoms with Crippen LogP contribution in [0.4, 0.5) is 0 Å². The Morgan fingerprint density at radius 1 is 1.00 bits per heavy atom. The van der Waals surface area contributed by atoms with E-state index in [0.29, 0.717) is 52.0 Å². The summed E-state index contributed by atoms with van der Waals surface area (Å²) in [4.78, 5) is 37.9. The molecule has 0 aliphatic carbocycles. The van der Waals surface area contributed by atoms with Crippen molar-refractivity contribution in [2.75, 3.05) is 39.4 Å². The van der Waals surface area contributed by atoms with Gasteiger partial charge < -0.3 is 14.4 Å². The van der Waals surface area contributed by atoms with Crippen molar-refractivity contribution in [1.29, 1.82) is 0 Å². The zero-order chi connectivity index (χ0) is 24.4. The van der Waals surface area contributed by atoms with Gasteiger partial charge in [-0.25, -0.2) is 8.42 Å². The Kier molecular flexibility index (Phi) is 10.3. The van der Waals surface area contributed by atoms with Gasteiger partial charge in [0.05, 0.1) is 17.4 Å². The highest BCUT2D eigenvalue weighted by Gasteiger charge is 2.28. The molecule has 184 valence electrons. The summed E-state index contributed by atoms with van der Waals surface area (Å²) in [6.07, 6.45) is 1.54. The maximum Gasteiger partial charge on any atom is 0.309 e. The van der Waals surface area contributed by atoms with E-state index in [-0.39, 0.29) is 35.7 Å². The van der Waals surface area contributed by atoms with Crippen molar-refractivity contribution in [2.45, 2.75) is 51.3 Å². The van der Waals surface area contributed by atoms with E-state index in [1.54, 1.807) is 37.8 Å². The predicted molar refractivity (Wildman–Crippen MR) is 122 cm³/mol. The van der Waals surface area contributed by atoms with Gasteiger partial charge in [-0.15, -0.1) is 0 Å². The molecule has 1 saturated heterocycles. The third kappa shape index (κ3) is 7.53. The third-order valence-electron chi connectivity index (χ3n) is 5.71. The van der Waals surface area contributed by atoms with Crippen LogP contribution in [0.2, 0.25) is 0 Å². The van der Waals surface area contributed by atoms with E-state index in [2.05, 4.69) is 0 Å². The number of sulfonamides is 1. The highest BCUT2D eigenvalue weighted by atomic mass is 32.2. The Bertz CT molecular complexity index is 903.